The van der Waals surface area contributed by atoms with Crippen LogP contribution in [0.4, 0.5) is 10.1 Å². The predicted molar refractivity (Wildman–Crippen MR) is 115 cm³/mol. The first-order valence-electron chi connectivity index (χ1n) is 10.1. The zero-order valence-electron chi connectivity index (χ0n) is 17.0. The number of anilines is 1. The number of halogens is 1. The summed E-state index contributed by atoms with van der Waals surface area (Å²) in [5, 5.41) is 3.75. The maximum atomic E-state index is 13.2. The van der Waals surface area contributed by atoms with E-state index in [0.29, 0.717) is 25.9 Å². The van der Waals surface area contributed by atoms with Crippen molar-refractivity contribution in [2.75, 3.05) is 18.4 Å². The van der Waals surface area contributed by atoms with Gasteiger partial charge in [0.25, 0.3) is 0 Å². The molecule has 30 heavy (non-hydrogen) atoms. The third kappa shape index (κ3) is 2.80. The standard InChI is InChI=1S/C23H24FN3O2S/c1-16-5-10-20-22(17(16)2)27-13-3-4-21(27)23(25-20)11-14-26(15-12-23)30(28,29)19-8-6-18(24)7-9-19/h3-10,13,25H,11-12,14-15H2,1-2H3. The number of fused-ring (bicyclic) bond motifs is 4. The number of nitrogens with zero attached hydrogens (tertiary/aromatic N) is 2. The van der Waals surface area contributed by atoms with Gasteiger partial charge in [-0.2, -0.15) is 4.31 Å². The smallest absolute Gasteiger partial charge is 0.243 e. The van der Waals surface area contributed by atoms with Gasteiger partial charge >= 0.3 is 0 Å². The molecular weight excluding hydrogens is 401 g/mol. The molecule has 5 nitrogen and oxygen atoms in total. The molecule has 1 spiro atoms. The molecule has 2 aliphatic rings. The highest BCUT2D eigenvalue weighted by molar-refractivity contribution is 7.89. The Morgan fingerprint density at radius 1 is 1.00 bits per heavy atom. The summed E-state index contributed by atoms with van der Waals surface area (Å²) < 4.78 is 43.0. The van der Waals surface area contributed by atoms with Crippen LogP contribution in [0.15, 0.2) is 59.6 Å². The Bertz CT molecular complexity index is 1220. The second-order valence-corrected chi connectivity index (χ2v) is 10.2. The number of hydrogen-bond acceptors (Lipinski definition) is 3. The molecule has 0 saturated carbocycles. The van der Waals surface area contributed by atoms with Crippen molar-refractivity contribution in [1.29, 1.82) is 0 Å². The van der Waals surface area contributed by atoms with Gasteiger partial charge in [-0.15, -0.1) is 0 Å². The van der Waals surface area contributed by atoms with Crippen molar-refractivity contribution in [3.8, 4) is 5.69 Å². The van der Waals surface area contributed by atoms with Crippen molar-refractivity contribution >= 4 is 15.7 Å². The van der Waals surface area contributed by atoms with E-state index in [4.69, 9.17) is 0 Å². The van der Waals surface area contributed by atoms with Gasteiger partial charge in [0.05, 0.1) is 21.8 Å². The Kier molecular flexibility index (Phi) is 4.31. The molecule has 1 saturated heterocycles. The third-order valence-corrected chi connectivity index (χ3v) is 8.50. The summed E-state index contributed by atoms with van der Waals surface area (Å²) in [7, 11) is -3.64. The van der Waals surface area contributed by atoms with Crippen molar-refractivity contribution in [1.82, 2.24) is 8.87 Å². The van der Waals surface area contributed by atoms with Gasteiger partial charge in [0.1, 0.15) is 5.82 Å². The van der Waals surface area contributed by atoms with E-state index in [1.165, 1.54) is 51.1 Å². The molecule has 1 fully saturated rings. The van der Waals surface area contributed by atoms with Crippen LogP contribution in [-0.4, -0.2) is 30.4 Å². The van der Waals surface area contributed by atoms with E-state index in [9.17, 15) is 12.8 Å². The maximum Gasteiger partial charge on any atom is 0.243 e. The van der Waals surface area contributed by atoms with Crippen molar-refractivity contribution in [2.24, 2.45) is 0 Å². The van der Waals surface area contributed by atoms with Crippen LogP contribution in [0.1, 0.15) is 29.7 Å². The van der Waals surface area contributed by atoms with Crippen molar-refractivity contribution in [2.45, 2.75) is 37.1 Å². The van der Waals surface area contributed by atoms with Gasteiger partial charge in [-0.25, -0.2) is 12.8 Å². The van der Waals surface area contributed by atoms with Crippen molar-refractivity contribution in [3.63, 3.8) is 0 Å². The summed E-state index contributed by atoms with van der Waals surface area (Å²) in [6.07, 6.45) is 3.40. The van der Waals surface area contributed by atoms with Gasteiger partial charge < -0.3 is 9.88 Å². The number of aromatic nitrogens is 1. The first-order chi connectivity index (χ1) is 14.3. The lowest BCUT2D eigenvalue weighted by molar-refractivity contribution is 0.247. The second-order valence-electron chi connectivity index (χ2n) is 8.23. The topological polar surface area (TPSA) is 54.3 Å². The lowest BCUT2D eigenvalue weighted by Gasteiger charge is -2.46. The lowest BCUT2D eigenvalue weighted by atomic mass is 9.82. The summed E-state index contributed by atoms with van der Waals surface area (Å²) >= 11 is 0. The van der Waals surface area contributed by atoms with Crippen LogP contribution in [0.25, 0.3) is 5.69 Å². The molecule has 0 unspecified atom stereocenters. The molecule has 2 aliphatic heterocycles. The third-order valence-electron chi connectivity index (χ3n) is 6.58. The number of rotatable bonds is 2. The van der Waals surface area contributed by atoms with E-state index in [2.05, 4.69) is 54.2 Å². The molecule has 0 bridgehead atoms. The summed E-state index contributed by atoms with van der Waals surface area (Å²) in [6, 6.07) is 13.5. The molecular formula is C23H24FN3O2S. The maximum absolute atomic E-state index is 13.2. The van der Waals surface area contributed by atoms with Gasteiger partial charge in [0, 0.05) is 25.0 Å². The van der Waals surface area contributed by atoms with Gasteiger partial charge in [-0.3, -0.25) is 0 Å². The number of hydrogen-bond donors (Lipinski definition) is 1. The Hall–Kier alpha value is -2.64. The molecule has 3 heterocycles. The second kappa shape index (κ2) is 6.68. The van der Waals surface area contributed by atoms with Crippen molar-refractivity contribution < 1.29 is 12.8 Å². The molecule has 0 radical (unpaired) electrons. The van der Waals surface area contributed by atoms with Gasteiger partial charge in [-0.1, -0.05) is 6.07 Å². The normalized spacial score (nSPS) is 18.0. The first-order valence-corrected chi connectivity index (χ1v) is 11.6. The number of aryl methyl sites for hydroxylation is 1. The number of sulfonamides is 1. The molecule has 0 atom stereocenters. The highest BCUT2D eigenvalue weighted by atomic mass is 32.2. The Morgan fingerprint density at radius 2 is 1.70 bits per heavy atom. The van der Waals surface area contributed by atoms with Crippen LogP contribution in [0, 0.1) is 19.7 Å². The molecule has 3 aromatic rings. The minimum atomic E-state index is -3.64. The lowest BCUT2D eigenvalue weighted by Crippen LogP contribution is -2.51. The SMILES string of the molecule is Cc1ccc2c(c1C)-n1cccc1C1(CCN(S(=O)(=O)c3ccc(F)cc3)CC1)N2. The van der Waals surface area contributed by atoms with E-state index < -0.39 is 15.8 Å². The van der Waals surface area contributed by atoms with Crippen LogP contribution < -0.4 is 5.32 Å². The minimum Gasteiger partial charge on any atom is -0.372 e. The molecule has 1 N–H and O–H groups in total. The van der Waals surface area contributed by atoms with E-state index in [1.807, 2.05) is 0 Å². The molecule has 1 aromatic heterocycles. The highest BCUT2D eigenvalue weighted by Crippen LogP contribution is 2.45. The quantitative estimate of drug-likeness (QED) is 0.665. The van der Waals surface area contributed by atoms with Crippen LogP contribution in [0.5, 0.6) is 0 Å². The summed E-state index contributed by atoms with van der Waals surface area (Å²) in [6.45, 7) is 5.05. The Labute approximate surface area is 176 Å². The van der Waals surface area contributed by atoms with Gasteiger partial charge in [-0.05, 0) is 80.3 Å². The van der Waals surface area contributed by atoms with E-state index in [-0.39, 0.29) is 10.4 Å². The average Bonchev–Trinajstić information content (AvgIpc) is 3.22. The number of benzene rings is 2. The van der Waals surface area contributed by atoms with Crippen LogP contribution in [0.2, 0.25) is 0 Å². The number of nitrogens with one attached hydrogen (secondary N) is 1. The van der Waals surface area contributed by atoms with Crippen molar-refractivity contribution in [3.05, 3.63) is 77.4 Å². The van der Waals surface area contributed by atoms with E-state index in [0.717, 1.165) is 5.69 Å². The zero-order valence-corrected chi connectivity index (χ0v) is 17.8. The monoisotopic (exact) mass is 425 g/mol. The zero-order chi connectivity index (χ0) is 21.1. The van der Waals surface area contributed by atoms with Gasteiger partial charge in [0.15, 0.2) is 0 Å². The van der Waals surface area contributed by atoms with E-state index >= 15 is 0 Å². The molecule has 2 aromatic carbocycles. The van der Waals surface area contributed by atoms with Crippen LogP contribution >= 0.6 is 0 Å². The molecule has 7 heteroatoms. The summed E-state index contributed by atoms with van der Waals surface area (Å²) in [5.74, 6) is -0.442. The Morgan fingerprint density at radius 3 is 2.40 bits per heavy atom. The Balaban J connectivity index is 1.46. The summed E-state index contributed by atoms with van der Waals surface area (Å²) in [5.41, 5.74) is 5.59. The van der Waals surface area contributed by atoms with Gasteiger partial charge in [0.2, 0.25) is 10.0 Å². The van der Waals surface area contributed by atoms with Crippen LogP contribution in [0.3, 0.4) is 0 Å². The molecule has 0 aliphatic carbocycles. The highest BCUT2D eigenvalue weighted by Gasteiger charge is 2.44. The number of piperidine rings is 1. The fourth-order valence-corrected chi connectivity index (χ4v) is 6.19. The van der Waals surface area contributed by atoms with E-state index in [1.54, 1.807) is 0 Å². The minimum absolute atomic E-state index is 0.135. The fourth-order valence-electron chi connectivity index (χ4n) is 4.75. The first kappa shape index (κ1) is 19.3. The molecule has 5 rings (SSSR count). The van der Waals surface area contributed by atoms with Crippen LogP contribution in [-0.2, 0) is 15.6 Å². The largest absolute Gasteiger partial charge is 0.372 e. The summed E-state index contributed by atoms with van der Waals surface area (Å²) in [4.78, 5) is 0.135. The predicted octanol–water partition coefficient (Wildman–Crippen LogP) is 4.34. The molecule has 0 amide bonds. The molecule has 156 valence electrons. The fraction of sp³-hybridized carbons (Fsp3) is 0.304. The average molecular weight is 426 g/mol.